The molecule has 0 saturated carbocycles. The highest BCUT2D eigenvalue weighted by molar-refractivity contribution is 5.95. The number of anilines is 1. The average Bonchev–Trinajstić information content (AvgIpc) is 2.68. The van der Waals surface area contributed by atoms with Crippen LogP contribution in [0.15, 0.2) is 60.7 Å². The van der Waals surface area contributed by atoms with E-state index in [1.807, 2.05) is 6.07 Å². The van der Waals surface area contributed by atoms with Crippen molar-refractivity contribution < 1.29 is 19.1 Å². The van der Waals surface area contributed by atoms with Crippen molar-refractivity contribution in [3.8, 4) is 0 Å². The van der Waals surface area contributed by atoms with E-state index in [-0.39, 0.29) is 24.3 Å². The van der Waals surface area contributed by atoms with Gasteiger partial charge in [0, 0.05) is 29.8 Å². The Labute approximate surface area is 164 Å². The van der Waals surface area contributed by atoms with E-state index in [1.54, 1.807) is 68.5 Å². The first-order valence-electron chi connectivity index (χ1n) is 9.08. The Morgan fingerprint density at radius 3 is 2.36 bits per heavy atom. The van der Waals surface area contributed by atoms with Gasteiger partial charge in [0.1, 0.15) is 0 Å². The number of carbonyl (C=O) groups is 3. The number of rotatable bonds is 8. The molecule has 2 N–H and O–H groups in total. The minimum Gasteiger partial charge on any atom is -0.463 e. The summed E-state index contributed by atoms with van der Waals surface area (Å²) in [4.78, 5) is 35.6. The molecule has 2 aromatic rings. The van der Waals surface area contributed by atoms with E-state index in [0.717, 1.165) is 5.56 Å². The molecule has 1 atom stereocenters. The molecule has 0 saturated heterocycles. The van der Waals surface area contributed by atoms with E-state index in [2.05, 4.69) is 10.6 Å². The van der Waals surface area contributed by atoms with Crippen molar-refractivity contribution in [1.82, 2.24) is 5.32 Å². The lowest BCUT2D eigenvalue weighted by molar-refractivity contribution is -0.137. The average molecular weight is 380 g/mol. The third-order valence-electron chi connectivity index (χ3n) is 3.80. The first-order valence-corrected chi connectivity index (χ1v) is 9.08. The summed E-state index contributed by atoms with van der Waals surface area (Å²) in [7, 11) is 0. The SMILES string of the molecule is CCOC(=O)/C=C/c1ccc(NC(=O)C[C@@H](C)NC(=O)c2ccccc2)cc1. The predicted molar refractivity (Wildman–Crippen MR) is 109 cm³/mol. The largest absolute Gasteiger partial charge is 0.463 e. The molecule has 146 valence electrons. The summed E-state index contributed by atoms with van der Waals surface area (Å²) < 4.78 is 4.82. The Balaban J connectivity index is 1.82. The van der Waals surface area contributed by atoms with Crippen LogP contribution in [0.5, 0.6) is 0 Å². The fourth-order valence-electron chi connectivity index (χ4n) is 2.47. The Morgan fingerprint density at radius 2 is 1.71 bits per heavy atom. The minimum atomic E-state index is -0.397. The number of amides is 2. The second-order valence-corrected chi connectivity index (χ2v) is 6.20. The van der Waals surface area contributed by atoms with Crippen molar-refractivity contribution in [3.05, 3.63) is 71.8 Å². The lowest BCUT2D eigenvalue weighted by atomic mass is 10.1. The maximum atomic E-state index is 12.2. The fraction of sp³-hybridized carbons (Fsp3) is 0.227. The van der Waals surface area contributed by atoms with Crippen LogP contribution in [0.3, 0.4) is 0 Å². The summed E-state index contributed by atoms with van der Waals surface area (Å²) >= 11 is 0. The maximum Gasteiger partial charge on any atom is 0.330 e. The molecule has 0 bridgehead atoms. The zero-order valence-electron chi connectivity index (χ0n) is 16.0. The summed E-state index contributed by atoms with van der Waals surface area (Å²) in [5.41, 5.74) is 2.01. The number of nitrogens with one attached hydrogen (secondary N) is 2. The standard InChI is InChI=1S/C22H24N2O4/c1-3-28-21(26)14-11-17-9-12-19(13-10-17)24-20(25)15-16(2)23-22(27)18-7-5-4-6-8-18/h4-14,16H,3,15H2,1-2H3,(H,23,27)(H,24,25)/b14-11+/t16-/m1/s1. The third kappa shape index (κ3) is 7.07. The van der Waals surface area contributed by atoms with Crippen LogP contribution in [0, 0.1) is 0 Å². The van der Waals surface area contributed by atoms with Gasteiger partial charge in [0.2, 0.25) is 5.91 Å². The molecule has 0 fully saturated rings. The Bertz CT molecular complexity index is 829. The first kappa shape index (κ1) is 20.9. The number of hydrogen-bond donors (Lipinski definition) is 2. The lowest BCUT2D eigenvalue weighted by Gasteiger charge is -2.14. The van der Waals surface area contributed by atoms with Gasteiger partial charge in [0.15, 0.2) is 0 Å². The third-order valence-corrected chi connectivity index (χ3v) is 3.80. The van der Waals surface area contributed by atoms with Crippen LogP contribution >= 0.6 is 0 Å². The maximum absolute atomic E-state index is 12.2. The van der Waals surface area contributed by atoms with Gasteiger partial charge < -0.3 is 15.4 Å². The Morgan fingerprint density at radius 1 is 1.04 bits per heavy atom. The second kappa shape index (κ2) is 10.7. The van der Waals surface area contributed by atoms with E-state index in [0.29, 0.717) is 17.9 Å². The molecule has 6 nitrogen and oxygen atoms in total. The smallest absolute Gasteiger partial charge is 0.330 e. The molecule has 0 heterocycles. The van der Waals surface area contributed by atoms with Gasteiger partial charge in [-0.15, -0.1) is 0 Å². The molecule has 0 aromatic heterocycles. The van der Waals surface area contributed by atoms with E-state index in [1.165, 1.54) is 6.08 Å². The van der Waals surface area contributed by atoms with Gasteiger partial charge in [0.25, 0.3) is 5.91 Å². The first-order chi connectivity index (χ1) is 13.5. The number of ether oxygens (including phenoxy) is 1. The van der Waals surface area contributed by atoms with Crippen molar-refractivity contribution in [1.29, 1.82) is 0 Å². The van der Waals surface area contributed by atoms with E-state index in [4.69, 9.17) is 4.74 Å². The van der Waals surface area contributed by atoms with Gasteiger partial charge in [-0.25, -0.2) is 4.79 Å². The second-order valence-electron chi connectivity index (χ2n) is 6.20. The van der Waals surface area contributed by atoms with Crippen LogP contribution in [0.4, 0.5) is 5.69 Å². The molecular formula is C22H24N2O4. The number of hydrogen-bond acceptors (Lipinski definition) is 4. The monoisotopic (exact) mass is 380 g/mol. The van der Waals surface area contributed by atoms with Crippen molar-refractivity contribution in [2.45, 2.75) is 26.3 Å². The zero-order chi connectivity index (χ0) is 20.4. The molecule has 0 radical (unpaired) electrons. The van der Waals surface area contributed by atoms with Gasteiger partial charge in [-0.05, 0) is 49.8 Å². The summed E-state index contributed by atoms with van der Waals surface area (Å²) in [6, 6.07) is 15.6. The minimum absolute atomic E-state index is 0.156. The van der Waals surface area contributed by atoms with Gasteiger partial charge in [-0.1, -0.05) is 30.3 Å². The van der Waals surface area contributed by atoms with Crippen LogP contribution in [0.2, 0.25) is 0 Å². The van der Waals surface area contributed by atoms with Gasteiger partial charge in [-0.2, -0.15) is 0 Å². The molecule has 2 aromatic carbocycles. The molecule has 0 spiro atoms. The molecule has 2 rings (SSSR count). The molecule has 2 amide bonds. The van der Waals surface area contributed by atoms with Crippen LogP contribution in [-0.4, -0.2) is 30.4 Å². The van der Waals surface area contributed by atoms with Crippen molar-refractivity contribution in [2.75, 3.05) is 11.9 Å². The Hall–Kier alpha value is -3.41. The molecule has 0 unspecified atom stereocenters. The lowest BCUT2D eigenvalue weighted by Crippen LogP contribution is -2.35. The van der Waals surface area contributed by atoms with Crippen molar-refractivity contribution in [2.24, 2.45) is 0 Å². The van der Waals surface area contributed by atoms with Crippen LogP contribution < -0.4 is 10.6 Å². The Kier molecular flexibility index (Phi) is 7.96. The summed E-state index contributed by atoms with van der Waals surface area (Å²) in [6.45, 7) is 3.86. The number of esters is 1. The highest BCUT2D eigenvalue weighted by atomic mass is 16.5. The molecule has 28 heavy (non-hydrogen) atoms. The van der Waals surface area contributed by atoms with Crippen molar-refractivity contribution >= 4 is 29.5 Å². The van der Waals surface area contributed by atoms with Crippen LogP contribution in [-0.2, 0) is 14.3 Å². The van der Waals surface area contributed by atoms with Gasteiger partial charge in [0.05, 0.1) is 6.61 Å². The molecule has 0 aliphatic carbocycles. The van der Waals surface area contributed by atoms with Gasteiger partial charge >= 0.3 is 5.97 Å². The summed E-state index contributed by atoms with van der Waals surface area (Å²) in [5, 5.41) is 5.60. The van der Waals surface area contributed by atoms with Gasteiger partial charge in [-0.3, -0.25) is 9.59 Å². The number of benzene rings is 2. The highest BCUT2D eigenvalue weighted by Gasteiger charge is 2.13. The van der Waals surface area contributed by atoms with E-state index in [9.17, 15) is 14.4 Å². The molecule has 6 heteroatoms. The zero-order valence-corrected chi connectivity index (χ0v) is 16.0. The predicted octanol–water partition coefficient (Wildman–Crippen LogP) is 3.41. The topological polar surface area (TPSA) is 84.5 Å². The fourth-order valence-corrected chi connectivity index (χ4v) is 2.47. The molecule has 0 aliphatic rings. The quantitative estimate of drug-likeness (QED) is 0.543. The van der Waals surface area contributed by atoms with Crippen LogP contribution in [0.25, 0.3) is 6.08 Å². The molecule has 0 aliphatic heterocycles. The van der Waals surface area contributed by atoms with Crippen LogP contribution in [0.1, 0.15) is 36.2 Å². The highest BCUT2D eigenvalue weighted by Crippen LogP contribution is 2.12. The van der Waals surface area contributed by atoms with Crippen molar-refractivity contribution in [3.63, 3.8) is 0 Å². The summed E-state index contributed by atoms with van der Waals surface area (Å²) in [6.07, 6.45) is 3.15. The molecular weight excluding hydrogens is 356 g/mol. The summed E-state index contributed by atoms with van der Waals surface area (Å²) in [5.74, 6) is -0.805. The number of carbonyl (C=O) groups excluding carboxylic acids is 3. The van der Waals surface area contributed by atoms with E-state index >= 15 is 0 Å². The normalized spacial score (nSPS) is 11.6. The van der Waals surface area contributed by atoms with E-state index < -0.39 is 5.97 Å².